The van der Waals surface area contributed by atoms with E-state index in [1.807, 2.05) is 6.92 Å². The highest BCUT2D eigenvalue weighted by Crippen LogP contribution is 2.36. The Morgan fingerprint density at radius 3 is 2.22 bits per heavy atom. The normalized spacial score (nSPS) is 21.4. The third kappa shape index (κ3) is 4.62. The number of esters is 1. The maximum absolute atomic E-state index is 12.2. The Morgan fingerprint density at radius 1 is 1.22 bits per heavy atom. The highest BCUT2D eigenvalue weighted by atomic mass is 16.6. The van der Waals surface area contributed by atoms with Gasteiger partial charge in [-0.3, -0.25) is 4.79 Å². The fourth-order valence-electron chi connectivity index (χ4n) is 3.04. The summed E-state index contributed by atoms with van der Waals surface area (Å²) in [5.41, 5.74) is 0.0336. The second-order valence-electron chi connectivity index (χ2n) is 7.18. The van der Waals surface area contributed by atoms with Gasteiger partial charge in [-0.25, -0.2) is 0 Å². The molecule has 0 N–H and O–H groups in total. The van der Waals surface area contributed by atoms with E-state index in [1.54, 1.807) is 0 Å². The molecular weight excluding hydrogens is 224 g/mol. The Kier molecular flexibility index (Phi) is 5.24. The van der Waals surface area contributed by atoms with Crippen LogP contribution in [0.2, 0.25) is 0 Å². The van der Waals surface area contributed by atoms with Crippen LogP contribution in [-0.2, 0) is 9.53 Å². The molecule has 0 aromatic carbocycles. The van der Waals surface area contributed by atoms with Gasteiger partial charge in [0.1, 0.15) is 5.60 Å². The first-order valence-electron chi connectivity index (χ1n) is 7.51. The number of hydrogen-bond acceptors (Lipinski definition) is 2. The maximum Gasteiger partial charge on any atom is 0.309 e. The topological polar surface area (TPSA) is 26.3 Å². The van der Waals surface area contributed by atoms with E-state index in [2.05, 4.69) is 27.7 Å². The molecule has 1 aliphatic carbocycles. The fraction of sp³-hybridized carbons (Fsp3) is 0.938. The van der Waals surface area contributed by atoms with Gasteiger partial charge >= 0.3 is 5.97 Å². The summed E-state index contributed by atoms with van der Waals surface area (Å²) in [5.74, 6) is 0.0176. The summed E-state index contributed by atoms with van der Waals surface area (Å²) in [5, 5.41) is 0. The predicted molar refractivity (Wildman–Crippen MR) is 75.4 cm³/mol. The van der Waals surface area contributed by atoms with Crippen molar-refractivity contribution in [3.63, 3.8) is 0 Å². The van der Waals surface area contributed by atoms with E-state index in [9.17, 15) is 4.79 Å². The maximum atomic E-state index is 12.2. The standard InChI is InChI=1S/C16H30O2/c1-6-16(10-8-7-9-11-16)18-14(17)13(2)12-15(3,4)5/h13H,6-12H2,1-5H3. The van der Waals surface area contributed by atoms with Gasteiger partial charge in [0.05, 0.1) is 5.92 Å². The lowest BCUT2D eigenvalue weighted by molar-refractivity contribution is -0.169. The third-order valence-electron chi connectivity index (χ3n) is 4.05. The second-order valence-corrected chi connectivity index (χ2v) is 7.18. The molecule has 0 amide bonds. The monoisotopic (exact) mass is 254 g/mol. The number of carbonyl (C=O) groups excluding carboxylic acids is 1. The van der Waals surface area contributed by atoms with Gasteiger partial charge in [-0.2, -0.15) is 0 Å². The van der Waals surface area contributed by atoms with E-state index in [4.69, 9.17) is 4.74 Å². The molecule has 0 spiro atoms. The molecule has 0 aromatic heterocycles. The number of carbonyl (C=O) groups is 1. The van der Waals surface area contributed by atoms with Crippen LogP contribution in [0.15, 0.2) is 0 Å². The van der Waals surface area contributed by atoms with Crippen molar-refractivity contribution < 1.29 is 9.53 Å². The van der Waals surface area contributed by atoms with Crippen molar-refractivity contribution in [3.05, 3.63) is 0 Å². The molecule has 2 heteroatoms. The summed E-state index contributed by atoms with van der Waals surface area (Å²) in [6.07, 6.45) is 7.65. The quantitative estimate of drug-likeness (QED) is 0.679. The largest absolute Gasteiger partial charge is 0.459 e. The van der Waals surface area contributed by atoms with Gasteiger partial charge < -0.3 is 4.74 Å². The molecule has 1 fully saturated rings. The second kappa shape index (κ2) is 6.08. The first-order valence-corrected chi connectivity index (χ1v) is 7.51. The minimum absolute atomic E-state index is 0.00803. The van der Waals surface area contributed by atoms with Crippen LogP contribution in [-0.4, -0.2) is 11.6 Å². The molecule has 0 radical (unpaired) electrons. The number of rotatable bonds is 4. The van der Waals surface area contributed by atoms with Crippen LogP contribution in [0.5, 0.6) is 0 Å². The molecule has 0 aliphatic heterocycles. The molecule has 1 rings (SSSR count). The van der Waals surface area contributed by atoms with Crippen molar-refractivity contribution in [2.45, 2.75) is 85.2 Å². The number of hydrogen-bond donors (Lipinski definition) is 0. The highest BCUT2D eigenvalue weighted by molar-refractivity contribution is 5.72. The predicted octanol–water partition coefficient (Wildman–Crippen LogP) is 4.71. The summed E-state index contributed by atoms with van der Waals surface area (Å²) in [6, 6.07) is 0. The number of ether oxygens (including phenoxy) is 1. The van der Waals surface area contributed by atoms with E-state index >= 15 is 0 Å². The molecule has 18 heavy (non-hydrogen) atoms. The summed E-state index contributed by atoms with van der Waals surface area (Å²) < 4.78 is 5.90. The molecule has 0 heterocycles. The zero-order valence-electron chi connectivity index (χ0n) is 12.8. The van der Waals surface area contributed by atoms with E-state index in [0.29, 0.717) is 0 Å². The van der Waals surface area contributed by atoms with Gasteiger partial charge in [0.2, 0.25) is 0 Å². The summed E-state index contributed by atoms with van der Waals surface area (Å²) in [4.78, 5) is 12.2. The van der Waals surface area contributed by atoms with Crippen LogP contribution < -0.4 is 0 Å². The first-order chi connectivity index (χ1) is 8.28. The van der Waals surface area contributed by atoms with Crippen LogP contribution in [0.25, 0.3) is 0 Å². The third-order valence-corrected chi connectivity index (χ3v) is 4.05. The zero-order valence-corrected chi connectivity index (χ0v) is 12.8. The first kappa shape index (κ1) is 15.5. The van der Waals surface area contributed by atoms with E-state index in [0.717, 1.165) is 25.7 Å². The van der Waals surface area contributed by atoms with Gasteiger partial charge in [-0.05, 0) is 43.9 Å². The van der Waals surface area contributed by atoms with E-state index in [-0.39, 0.29) is 22.9 Å². The Balaban J connectivity index is 2.56. The highest BCUT2D eigenvalue weighted by Gasteiger charge is 2.35. The molecule has 0 bridgehead atoms. The minimum atomic E-state index is -0.151. The van der Waals surface area contributed by atoms with Crippen molar-refractivity contribution in [1.82, 2.24) is 0 Å². The van der Waals surface area contributed by atoms with E-state index < -0.39 is 0 Å². The molecule has 106 valence electrons. The summed E-state index contributed by atoms with van der Waals surface area (Å²) >= 11 is 0. The molecule has 1 atom stereocenters. The van der Waals surface area contributed by atoms with Crippen molar-refractivity contribution in [3.8, 4) is 0 Å². The Labute approximate surface area is 112 Å². The van der Waals surface area contributed by atoms with Crippen molar-refractivity contribution in [2.24, 2.45) is 11.3 Å². The average molecular weight is 254 g/mol. The molecule has 1 saturated carbocycles. The molecule has 0 saturated heterocycles. The van der Waals surface area contributed by atoms with Crippen LogP contribution in [0.4, 0.5) is 0 Å². The van der Waals surface area contributed by atoms with Gasteiger partial charge in [0.25, 0.3) is 0 Å². The zero-order chi connectivity index (χ0) is 13.8. The van der Waals surface area contributed by atoms with Crippen LogP contribution >= 0.6 is 0 Å². The van der Waals surface area contributed by atoms with E-state index in [1.165, 1.54) is 19.3 Å². The molecular formula is C16H30O2. The fourth-order valence-corrected chi connectivity index (χ4v) is 3.04. The Bertz CT molecular complexity index is 269. The minimum Gasteiger partial charge on any atom is -0.459 e. The molecule has 1 unspecified atom stereocenters. The molecule has 2 nitrogen and oxygen atoms in total. The van der Waals surface area contributed by atoms with Crippen molar-refractivity contribution >= 4 is 5.97 Å². The lowest BCUT2D eigenvalue weighted by Crippen LogP contribution is -2.38. The Morgan fingerprint density at radius 2 is 1.78 bits per heavy atom. The van der Waals surface area contributed by atoms with Gasteiger partial charge in [0.15, 0.2) is 0 Å². The molecule has 0 aromatic rings. The van der Waals surface area contributed by atoms with Gasteiger partial charge in [-0.1, -0.05) is 41.0 Å². The Hall–Kier alpha value is -0.530. The lowest BCUT2D eigenvalue weighted by Gasteiger charge is -2.37. The average Bonchev–Trinajstić information content (AvgIpc) is 2.28. The SMILES string of the molecule is CCC1(OC(=O)C(C)CC(C)(C)C)CCCCC1. The van der Waals surface area contributed by atoms with Crippen LogP contribution in [0.3, 0.4) is 0 Å². The van der Waals surface area contributed by atoms with Gasteiger partial charge in [0, 0.05) is 0 Å². The molecule has 1 aliphatic rings. The van der Waals surface area contributed by atoms with Crippen molar-refractivity contribution in [1.29, 1.82) is 0 Å². The smallest absolute Gasteiger partial charge is 0.309 e. The summed E-state index contributed by atoms with van der Waals surface area (Å²) in [7, 11) is 0. The lowest BCUT2D eigenvalue weighted by atomic mass is 9.82. The van der Waals surface area contributed by atoms with Crippen LogP contribution in [0, 0.1) is 11.3 Å². The van der Waals surface area contributed by atoms with Gasteiger partial charge in [-0.15, -0.1) is 0 Å². The van der Waals surface area contributed by atoms with Crippen LogP contribution in [0.1, 0.15) is 79.6 Å². The summed E-state index contributed by atoms with van der Waals surface area (Å²) in [6.45, 7) is 10.7. The van der Waals surface area contributed by atoms with Crippen molar-refractivity contribution in [2.75, 3.05) is 0 Å².